The predicted molar refractivity (Wildman–Crippen MR) is 85.9 cm³/mol. The molecule has 0 spiro atoms. The fourth-order valence-electron chi connectivity index (χ4n) is 1.75. The van der Waals surface area contributed by atoms with E-state index in [1.807, 2.05) is 40.6 Å². The van der Waals surface area contributed by atoms with E-state index in [2.05, 4.69) is 40.4 Å². The number of rotatable bonds is 5. The van der Waals surface area contributed by atoms with Crippen LogP contribution in [-0.4, -0.2) is 25.6 Å². The van der Waals surface area contributed by atoms with Crippen molar-refractivity contribution in [2.24, 2.45) is 0 Å². The summed E-state index contributed by atoms with van der Waals surface area (Å²) in [6, 6.07) is 10.2. The molecule has 0 radical (unpaired) electrons. The van der Waals surface area contributed by atoms with E-state index in [1.54, 1.807) is 11.3 Å². The third kappa shape index (κ3) is 2.91. The molecule has 2 heterocycles. The molecule has 3 rings (SSSR count). The second-order valence-electron chi connectivity index (χ2n) is 4.13. The molecule has 0 atom stereocenters. The molecule has 0 unspecified atom stereocenters. The number of hydrogen-bond acceptors (Lipinski definition) is 5. The predicted octanol–water partition coefficient (Wildman–Crippen LogP) is 3.61. The van der Waals surface area contributed by atoms with Crippen molar-refractivity contribution in [2.45, 2.75) is 12.7 Å². The molecule has 0 bridgehead atoms. The average Bonchev–Trinajstić information content (AvgIpc) is 3.04. The van der Waals surface area contributed by atoms with Crippen LogP contribution in [0, 0.1) is 0 Å². The average molecular weight is 302 g/mol. The highest BCUT2D eigenvalue weighted by atomic mass is 32.2. The van der Waals surface area contributed by atoms with E-state index in [0.29, 0.717) is 0 Å². The minimum atomic E-state index is 0.850. The van der Waals surface area contributed by atoms with Gasteiger partial charge in [-0.05, 0) is 17.4 Å². The molecule has 0 saturated carbocycles. The van der Waals surface area contributed by atoms with Gasteiger partial charge in [-0.1, -0.05) is 54.7 Å². The summed E-state index contributed by atoms with van der Waals surface area (Å²) in [6.45, 7) is 2.14. The van der Waals surface area contributed by atoms with Gasteiger partial charge in [0.25, 0.3) is 0 Å². The lowest BCUT2D eigenvalue weighted by Crippen LogP contribution is -1.93. The quantitative estimate of drug-likeness (QED) is 0.722. The van der Waals surface area contributed by atoms with Gasteiger partial charge in [-0.3, -0.25) is 0 Å². The van der Waals surface area contributed by atoms with Gasteiger partial charge >= 0.3 is 0 Å². The van der Waals surface area contributed by atoms with E-state index < -0.39 is 0 Å². The topological polar surface area (TPSA) is 43.1 Å². The van der Waals surface area contributed by atoms with Crippen LogP contribution in [0.2, 0.25) is 0 Å². The molecular formula is C14H14N4S2. The van der Waals surface area contributed by atoms with Crippen molar-refractivity contribution in [3.63, 3.8) is 0 Å². The lowest BCUT2D eigenvalue weighted by molar-refractivity contribution is 0.880. The Morgan fingerprint density at radius 3 is 2.85 bits per heavy atom. The first-order chi connectivity index (χ1) is 9.86. The Labute approximate surface area is 125 Å². The summed E-state index contributed by atoms with van der Waals surface area (Å²) in [4.78, 5) is 0.851. The van der Waals surface area contributed by atoms with Crippen LogP contribution in [-0.2, 0) is 5.75 Å². The van der Waals surface area contributed by atoms with Gasteiger partial charge < -0.3 is 0 Å². The van der Waals surface area contributed by atoms with Crippen molar-refractivity contribution in [3.05, 3.63) is 46.7 Å². The molecule has 1 aromatic carbocycles. The minimum absolute atomic E-state index is 0.850. The Balaban J connectivity index is 1.82. The fraction of sp³-hybridized carbons (Fsp3) is 0.214. The first-order valence-corrected chi connectivity index (χ1v) is 8.36. The standard InChI is InChI=1S/C14H14N4S2/c1-2-19-10-12-15-16-14-18(12)17-13(20-14)9-8-11-6-4-3-5-7-11/h3-9H,2,10H2,1H3/b9-8+. The molecule has 0 saturated heterocycles. The SMILES string of the molecule is CCSCc1nnc2sc(/C=C/c3ccccc3)nn12. The Kier molecular flexibility index (Phi) is 4.13. The molecule has 3 aromatic rings. The Bertz CT molecular complexity index is 715. The van der Waals surface area contributed by atoms with E-state index in [-0.39, 0.29) is 0 Å². The summed E-state index contributed by atoms with van der Waals surface area (Å²) in [5.74, 6) is 2.84. The van der Waals surface area contributed by atoms with E-state index >= 15 is 0 Å². The van der Waals surface area contributed by atoms with Crippen molar-refractivity contribution < 1.29 is 0 Å². The van der Waals surface area contributed by atoms with Gasteiger partial charge in [0.15, 0.2) is 5.82 Å². The highest BCUT2D eigenvalue weighted by Gasteiger charge is 2.09. The molecule has 0 fully saturated rings. The zero-order valence-electron chi connectivity index (χ0n) is 11.1. The number of fused-ring (bicyclic) bond motifs is 1. The van der Waals surface area contributed by atoms with Crippen LogP contribution in [0.25, 0.3) is 17.1 Å². The largest absolute Gasteiger partial charge is 0.234 e. The molecule has 4 nitrogen and oxygen atoms in total. The lowest BCUT2D eigenvalue weighted by atomic mass is 10.2. The van der Waals surface area contributed by atoms with Gasteiger partial charge in [-0.25, -0.2) is 0 Å². The first-order valence-electron chi connectivity index (χ1n) is 6.39. The van der Waals surface area contributed by atoms with Gasteiger partial charge in [-0.2, -0.15) is 21.4 Å². The molecule has 0 aliphatic carbocycles. The number of hydrogen-bond donors (Lipinski definition) is 0. The molecule has 6 heteroatoms. The van der Waals surface area contributed by atoms with Crippen LogP contribution in [0.4, 0.5) is 0 Å². The van der Waals surface area contributed by atoms with E-state index in [1.165, 1.54) is 5.56 Å². The van der Waals surface area contributed by atoms with E-state index in [9.17, 15) is 0 Å². The molecule has 0 N–H and O–H groups in total. The van der Waals surface area contributed by atoms with Gasteiger partial charge in [0, 0.05) is 0 Å². The summed E-state index contributed by atoms with van der Waals surface area (Å²) in [7, 11) is 0. The van der Waals surface area contributed by atoms with Crippen molar-refractivity contribution in [1.29, 1.82) is 0 Å². The monoisotopic (exact) mass is 302 g/mol. The number of nitrogens with zero attached hydrogens (tertiary/aromatic N) is 4. The third-order valence-corrected chi connectivity index (χ3v) is 4.46. The van der Waals surface area contributed by atoms with Gasteiger partial charge in [0.05, 0.1) is 5.75 Å². The van der Waals surface area contributed by atoms with Crippen molar-refractivity contribution in [2.75, 3.05) is 5.75 Å². The molecule has 0 amide bonds. The Morgan fingerprint density at radius 2 is 2.05 bits per heavy atom. The maximum atomic E-state index is 4.55. The van der Waals surface area contributed by atoms with Crippen LogP contribution in [0.3, 0.4) is 0 Å². The number of aromatic nitrogens is 4. The number of thioether (sulfide) groups is 1. The summed E-state index contributed by atoms with van der Waals surface area (Å²) >= 11 is 3.38. The van der Waals surface area contributed by atoms with Crippen molar-refractivity contribution >= 4 is 40.2 Å². The highest BCUT2D eigenvalue weighted by molar-refractivity contribution is 7.98. The lowest BCUT2D eigenvalue weighted by Gasteiger charge is -1.93. The van der Waals surface area contributed by atoms with Crippen molar-refractivity contribution in [1.82, 2.24) is 19.8 Å². The minimum Gasteiger partial charge on any atom is -0.186 e. The summed E-state index contributed by atoms with van der Waals surface area (Å²) in [6.07, 6.45) is 4.08. The van der Waals surface area contributed by atoms with Crippen LogP contribution >= 0.6 is 23.1 Å². The third-order valence-electron chi connectivity index (χ3n) is 2.72. The summed E-state index contributed by atoms with van der Waals surface area (Å²) < 4.78 is 1.85. The molecule has 0 aliphatic rings. The summed E-state index contributed by atoms with van der Waals surface area (Å²) in [5, 5.41) is 13.8. The maximum Gasteiger partial charge on any atom is 0.234 e. The van der Waals surface area contributed by atoms with Crippen molar-refractivity contribution in [3.8, 4) is 0 Å². The zero-order valence-corrected chi connectivity index (χ0v) is 12.7. The molecule has 0 aliphatic heterocycles. The van der Waals surface area contributed by atoms with Crippen LogP contribution in [0.5, 0.6) is 0 Å². The van der Waals surface area contributed by atoms with Gasteiger partial charge in [-0.15, -0.1) is 10.2 Å². The Hall–Kier alpha value is -1.66. The Morgan fingerprint density at radius 1 is 1.20 bits per heavy atom. The van der Waals surface area contributed by atoms with Gasteiger partial charge in [0.2, 0.25) is 4.96 Å². The van der Waals surface area contributed by atoms with Crippen LogP contribution in [0.1, 0.15) is 23.3 Å². The molecule has 2 aromatic heterocycles. The first kappa shape index (κ1) is 13.3. The zero-order chi connectivity index (χ0) is 13.8. The normalized spacial score (nSPS) is 11.7. The van der Waals surface area contributed by atoms with E-state index in [0.717, 1.165) is 27.3 Å². The second kappa shape index (κ2) is 6.19. The molecule has 20 heavy (non-hydrogen) atoms. The molecular weight excluding hydrogens is 288 g/mol. The fourth-order valence-corrected chi connectivity index (χ4v) is 3.08. The maximum absolute atomic E-state index is 4.55. The number of benzene rings is 1. The smallest absolute Gasteiger partial charge is 0.186 e. The van der Waals surface area contributed by atoms with E-state index in [4.69, 9.17) is 0 Å². The van der Waals surface area contributed by atoms with Crippen LogP contribution in [0.15, 0.2) is 30.3 Å². The molecule has 102 valence electrons. The van der Waals surface area contributed by atoms with Crippen LogP contribution < -0.4 is 0 Å². The highest BCUT2D eigenvalue weighted by Crippen LogP contribution is 2.18. The van der Waals surface area contributed by atoms with Gasteiger partial charge in [0.1, 0.15) is 5.01 Å². The summed E-state index contributed by atoms with van der Waals surface area (Å²) in [5.41, 5.74) is 1.17. The second-order valence-corrected chi connectivity index (χ2v) is 6.39.